The normalized spacial score (nSPS) is 22.3. The van der Waals surface area contributed by atoms with E-state index in [-0.39, 0.29) is 11.7 Å². The molecule has 0 amide bonds. The third kappa shape index (κ3) is 2.58. The summed E-state index contributed by atoms with van der Waals surface area (Å²) in [6.45, 7) is 0. The molecule has 1 aromatic carbocycles. The van der Waals surface area contributed by atoms with E-state index in [1.165, 1.54) is 12.5 Å². The SMILES string of the molecule is CNC1CCCC1c1nc(Cc2ccccc2F)no1. The minimum absolute atomic E-state index is 0.229. The van der Waals surface area contributed by atoms with E-state index < -0.39 is 0 Å². The molecule has 1 aliphatic rings. The molecule has 4 nitrogen and oxygen atoms in total. The summed E-state index contributed by atoms with van der Waals surface area (Å²) >= 11 is 0. The van der Waals surface area contributed by atoms with Crippen LogP contribution < -0.4 is 5.32 Å². The van der Waals surface area contributed by atoms with Gasteiger partial charge in [0.1, 0.15) is 5.82 Å². The molecule has 20 heavy (non-hydrogen) atoms. The van der Waals surface area contributed by atoms with Gasteiger partial charge in [0.15, 0.2) is 5.82 Å². The van der Waals surface area contributed by atoms with Crippen molar-refractivity contribution in [3.63, 3.8) is 0 Å². The van der Waals surface area contributed by atoms with E-state index in [9.17, 15) is 4.39 Å². The van der Waals surface area contributed by atoms with Crippen LogP contribution in [-0.4, -0.2) is 23.2 Å². The van der Waals surface area contributed by atoms with Gasteiger partial charge >= 0.3 is 0 Å². The van der Waals surface area contributed by atoms with Crippen molar-refractivity contribution < 1.29 is 8.91 Å². The molecule has 5 heteroatoms. The van der Waals surface area contributed by atoms with Gasteiger partial charge in [0.2, 0.25) is 5.89 Å². The number of benzene rings is 1. The maximum Gasteiger partial charge on any atom is 0.231 e. The van der Waals surface area contributed by atoms with Crippen LogP contribution in [-0.2, 0) is 6.42 Å². The monoisotopic (exact) mass is 275 g/mol. The van der Waals surface area contributed by atoms with Gasteiger partial charge in [-0.3, -0.25) is 0 Å². The zero-order chi connectivity index (χ0) is 13.9. The molecule has 0 aliphatic heterocycles. The van der Waals surface area contributed by atoms with Crippen LogP contribution in [0.5, 0.6) is 0 Å². The molecule has 0 saturated heterocycles. The molecular formula is C15H18FN3O. The van der Waals surface area contributed by atoms with Crippen LogP contribution in [0.2, 0.25) is 0 Å². The summed E-state index contributed by atoms with van der Waals surface area (Å²) in [5.41, 5.74) is 0.594. The predicted octanol–water partition coefficient (Wildman–Crippen LogP) is 2.66. The van der Waals surface area contributed by atoms with Crippen molar-refractivity contribution in [1.29, 1.82) is 0 Å². The van der Waals surface area contributed by atoms with E-state index in [1.54, 1.807) is 12.1 Å². The van der Waals surface area contributed by atoms with Crippen molar-refractivity contribution in [2.75, 3.05) is 7.05 Å². The first-order valence-corrected chi connectivity index (χ1v) is 7.01. The minimum Gasteiger partial charge on any atom is -0.339 e. The molecule has 0 bridgehead atoms. The number of nitrogens with zero attached hydrogens (tertiary/aromatic N) is 2. The van der Waals surface area contributed by atoms with Crippen molar-refractivity contribution in [2.45, 2.75) is 37.6 Å². The average molecular weight is 275 g/mol. The Labute approximate surface area is 117 Å². The highest BCUT2D eigenvalue weighted by Crippen LogP contribution is 2.33. The van der Waals surface area contributed by atoms with E-state index >= 15 is 0 Å². The fourth-order valence-electron chi connectivity index (χ4n) is 2.90. The summed E-state index contributed by atoms with van der Waals surface area (Å²) < 4.78 is 19.0. The van der Waals surface area contributed by atoms with E-state index in [4.69, 9.17) is 4.52 Å². The molecule has 2 atom stereocenters. The quantitative estimate of drug-likeness (QED) is 0.932. The molecule has 1 aromatic heterocycles. The Balaban J connectivity index is 1.76. The highest BCUT2D eigenvalue weighted by atomic mass is 19.1. The lowest BCUT2D eigenvalue weighted by atomic mass is 10.0. The molecule has 1 fully saturated rings. The summed E-state index contributed by atoms with van der Waals surface area (Å²) in [6, 6.07) is 7.09. The Hall–Kier alpha value is -1.75. The lowest BCUT2D eigenvalue weighted by Gasteiger charge is -2.14. The Morgan fingerprint density at radius 2 is 2.20 bits per heavy atom. The minimum atomic E-state index is -0.229. The number of aromatic nitrogens is 2. The highest BCUT2D eigenvalue weighted by Gasteiger charge is 2.31. The van der Waals surface area contributed by atoms with Crippen molar-refractivity contribution in [2.24, 2.45) is 0 Å². The first kappa shape index (κ1) is 13.2. The molecule has 1 N–H and O–H groups in total. The molecule has 1 heterocycles. The van der Waals surface area contributed by atoms with E-state index in [0.29, 0.717) is 29.7 Å². The Kier molecular flexibility index (Phi) is 3.78. The summed E-state index contributed by atoms with van der Waals surface area (Å²) in [5.74, 6) is 1.27. The van der Waals surface area contributed by atoms with Gasteiger partial charge in [-0.25, -0.2) is 4.39 Å². The topological polar surface area (TPSA) is 51.0 Å². The molecular weight excluding hydrogens is 257 g/mol. The number of hydrogen-bond donors (Lipinski definition) is 1. The molecule has 2 aromatic rings. The van der Waals surface area contributed by atoms with Crippen LogP contribution in [0, 0.1) is 5.82 Å². The van der Waals surface area contributed by atoms with Crippen LogP contribution in [0.1, 0.15) is 42.5 Å². The largest absolute Gasteiger partial charge is 0.339 e. The molecule has 3 rings (SSSR count). The third-order valence-corrected chi connectivity index (χ3v) is 3.99. The van der Waals surface area contributed by atoms with Crippen LogP contribution >= 0.6 is 0 Å². The molecule has 0 spiro atoms. The Morgan fingerprint density at radius 3 is 3.00 bits per heavy atom. The second kappa shape index (κ2) is 5.71. The van der Waals surface area contributed by atoms with Crippen LogP contribution in [0.25, 0.3) is 0 Å². The van der Waals surface area contributed by atoms with Gasteiger partial charge in [-0.2, -0.15) is 4.98 Å². The highest BCUT2D eigenvalue weighted by molar-refractivity contribution is 5.21. The van der Waals surface area contributed by atoms with Crippen molar-refractivity contribution in [3.05, 3.63) is 47.4 Å². The van der Waals surface area contributed by atoms with Crippen molar-refractivity contribution in [1.82, 2.24) is 15.5 Å². The van der Waals surface area contributed by atoms with Gasteiger partial charge in [-0.1, -0.05) is 29.8 Å². The molecule has 0 radical (unpaired) electrons. The molecule has 1 aliphatic carbocycles. The molecule has 1 saturated carbocycles. The van der Waals surface area contributed by atoms with E-state index in [0.717, 1.165) is 12.8 Å². The number of likely N-dealkylation sites (N-methyl/N-ethyl adjacent to an activating group) is 1. The second-order valence-electron chi connectivity index (χ2n) is 5.25. The number of nitrogens with one attached hydrogen (secondary N) is 1. The van der Waals surface area contributed by atoms with E-state index in [1.807, 2.05) is 13.1 Å². The lowest BCUT2D eigenvalue weighted by Crippen LogP contribution is -2.27. The zero-order valence-corrected chi connectivity index (χ0v) is 11.5. The average Bonchev–Trinajstić information content (AvgIpc) is 3.09. The van der Waals surface area contributed by atoms with Crippen molar-refractivity contribution in [3.8, 4) is 0 Å². The van der Waals surface area contributed by atoms with Gasteiger partial charge < -0.3 is 9.84 Å². The Morgan fingerprint density at radius 1 is 1.35 bits per heavy atom. The van der Waals surface area contributed by atoms with Crippen molar-refractivity contribution >= 4 is 0 Å². The maximum atomic E-state index is 13.6. The summed E-state index contributed by atoms with van der Waals surface area (Å²) in [5, 5.41) is 7.28. The fraction of sp³-hybridized carbons (Fsp3) is 0.467. The summed E-state index contributed by atoms with van der Waals surface area (Å²) in [6.07, 6.45) is 3.73. The first-order valence-electron chi connectivity index (χ1n) is 7.01. The predicted molar refractivity (Wildman–Crippen MR) is 72.9 cm³/mol. The zero-order valence-electron chi connectivity index (χ0n) is 11.5. The number of rotatable bonds is 4. The van der Waals surface area contributed by atoms with Gasteiger partial charge in [0.25, 0.3) is 0 Å². The number of halogens is 1. The first-order chi connectivity index (χ1) is 9.78. The molecule has 106 valence electrons. The van der Waals surface area contributed by atoms with Crippen LogP contribution in [0.3, 0.4) is 0 Å². The van der Waals surface area contributed by atoms with Gasteiger partial charge in [0.05, 0.1) is 5.92 Å². The molecule has 2 unspecified atom stereocenters. The van der Waals surface area contributed by atoms with Crippen LogP contribution in [0.4, 0.5) is 4.39 Å². The van der Waals surface area contributed by atoms with Crippen LogP contribution in [0.15, 0.2) is 28.8 Å². The standard InChI is InChI=1S/C15H18FN3O/c1-17-13-8-4-6-11(13)15-18-14(19-20-15)9-10-5-2-3-7-12(10)16/h2-3,5,7,11,13,17H,4,6,8-9H2,1H3. The summed E-state index contributed by atoms with van der Waals surface area (Å²) in [4.78, 5) is 4.44. The summed E-state index contributed by atoms with van der Waals surface area (Å²) in [7, 11) is 1.96. The lowest BCUT2D eigenvalue weighted by molar-refractivity contribution is 0.332. The maximum absolute atomic E-state index is 13.6. The third-order valence-electron chi connectivity index (χ3n) is 3.99. The van der Waals surface area contributed by atoms with Gasteiger partial charge in [0, 0.05) is 12.5 Å². The Bertz CT molecular complexity index is 584. The van der Waals surface area contributed by atoms with Gasteiger partial charge in [-0.15, -0.1) is 0 Å². The fourth-order valence-corrected chi connectivity index (χ4v) is 2.90. The van der Waals surface area contributed by atoms with Gasteiger partial charge in [-0.05, 0) is 31.5 Å². The number of hydrogen-bond acceptors (Lipinski definition) is 4. The smallest absolute Gasteiger partial charge is 0.231 e. The second-order valence-corrected chi connectivity index (χ2v) is 5.25. The van der Waals surface area contributed by atoms with E-state index in [2.05, 4.69) is 15.5 Å².